The summed E-state index contributed by atoms with van der Waals surface area (Å²) in [7, 11) is 3.32. The van der Waals surface area contributed by atoms with Gasteiger partial charge in [0.05, 0.1) is 23.5 Å². The lowest BCUT2D eigenvalue weighted by molar-refractivity contribution is -0.136. The standard InChI is InChI=1S/C23H21Cl2N3O4/c1-27(2)23(30)20-13-28(17-5-3-4-6-18(17)31-20)22(29)10-9-21-26-12-19(32-21)15-8-7-14(24)11-16(15)25/h3-8,11-12,20H,9-10,13H2,1-2H3/t20-/m0/s1. The Morgan fingerprint density at radius 1 is 1.19 bits per heavy atom. The maximum absolute atomic E-state index is 13.1. The van der Waals surface area contributed by atoms with Gasteiger partial charge in [0.15, 0.2) is 17.8 Å². The molecular weight excluding hydrogens is 453 g/mol. The van der Waals surface area contributed by atoms with Crippen LogP contribution >= 0.6 is 23.2 Å². The summed E-state index contributed by atoms with van der Waals surface area (Å²) < 4.78 is 11.6. The zero-order chi connectivity index (χ0) is 22.8. The molecule has 0 aliphatic carbocycles. The van der Waals surface area contributed by atoms with Crippen LogP contribution in [0.2, 0.25) is 10.0 Å². The smallest absolute Gasteiger partial charge is 0.265 e. The number of rotatable bonds is 5. The number of hydrogen-bond donors (Lipinski definition) is 0. The van der Waals surface area contributed by atoms with Gasteiger partial charge in [-0.1, -0.05) is 35.3 Å². The summed E-state index contributed by atoms with van der Waals surface area (Å²) in [5.74, 6) is 1.07. The number of amides is 2. The van der Waals surface area contributed by atoms with E-state index in [9.17, 15) is 9.59 Å². The summed E-state index contributed by atoms with van der Waals surface area (Å²) in [5.41, 5.74) is 1.31. The SMILES string of the molecule is CN(C)C(=O)[C@@H]1CN(C(=O)CCc2ncc(-c3ccc(Cl)cc3Cl)o2)c2ccccc2O1. The zero-order valence-electron chi connectivity index (χ0n) is 17.5. The van der Waals surface area contributed by atoms with E-state index in [0.29, 0.717) is 45.1 Å². The second-order valence-electron chi connectivity index (χ2n) is 7.55. The van der Waals surface area contributed by atoms with Crippen LogP contribution in [-0.4, -0.2) is 48.4 Å². The van der Waals surface area contributed by atoms with Crippen molar-refractivity contribution in [2.24, 2.45) is 0 Å². The molecule has 1 aliphatic rings. The Balaban J connectivity index is 1.48. The number of halogens is 2. The minimum absolute atomic E-state index is 0.143. The van der Waals surface area contributed by atoms with Crippen LogP contribution in [0.1, 0.15) is 12.3 Å². The van der Waals surface area contributed by atoms with Crippen LogP contribution in [0.5, 0.6) is 5.75 Å². The zero-order valence-corrected chi connectivity index (χ0v) is 19.1. The fourth-order valence-electron chi connectivity index (χ4n) is 3.48. The number of carbonyl (C=O) groups excluding carboxylic acids is 2. The fourth-order valence-corrected chi connectivity index (χ4v) is 3.98. The van der Waals surface area contributed by atoms with Crippen molar-refractivity contribution >= 4 is 40.7 Å². The lowest BCUT2D eigenvalue weighted by Gasteiger charge is -2.35. The van der Waals surface area contributed by atoms with Crippen molar-refractivity contribution < 1.29 is 18.7 Å². The minimum atomic E-state index is -0.760. The van der Waals surface area contributed by atoms with Gasteiger partial charge >= 0.3 is 0 Å². The van der Waals surface area contributed by atoms with Gasteiger partial charge in [0.2, 0.25) is 5.91 Å². The Hall–Kier alpha value is -3.03. The van der Waals surface area contributed by atoms with Crippen LogP contribution in [0.15, 0.2) is 53.1 Å². The number of anilines is 1. The summed E-state index contributed by atoms with van der Waals surface area (Å²) in [6.45, 7) is 0.143. The largest absolute Gasteiger partial charge is 0.476 e. The number of para-hydroxylation sites is 2. The van der Waals surface area contributed by atoms with Crippen LogP contribution in [0.4, 0.5) is 5.69 Å². The molecule has 1 aliphatic heterocycles. The van der Waals surface area contributed by atoms with Crippen LogP contribution in [0, 0.1) is 0 Å². The molecule has 0 unspecified atom stereocenters. The van der Waals surface area contributed by atoms with Gasteiger partial charge in [0.25, 0.3) is 5.91 Å². The van der Waals surface area contributed by atoms with E-state index in [0.717, 1.165) is 0 Å². The molecule has 1 aromatic heterocycles. The van der Waals surface area contributed by atoms with Crippen molar-refractivity contribution in [3.63, 3.8) is 0 Å². The highest BCUT2D eigenvalue weighted by Crippen LogP contribution is 2.34. The summed E-state index contributed by atoms with van der Waals surface area (Å²) in [6.07, 6.45) is 1.27. The first kappa shape index (κ1) is 22.2. The molecule has 0 radical (unpaired) electrons. The number of carbonyl (C=O) groups is 2. The Bertz CT molecular complexity index is 1160. The predicted octanol–water partition coefficient (Wildman–Crippen LogP) is 4.46. The van der Waals surface area contributed by atoms with Crippen molar-refractivity contribution in [2.75, 3.05) is 25.5 Å². The van der Waals surface area contributed by atoms with E-state index in [1.807, 2.05) is 6.07 Å². The van der Waals surface area contributed by atoms with Gasteiger partial charge in [0, 0.05) is 37.5 Å². The highest BCUT2D eigenvalue weighted by molar-refractivity contribution is 6.36. The Morgan fingerprint density at radius 3 is 2.72 bits per heavy atom. The van der Waals surface area contributed by atoms with E-state index < -0.39 is 6.10 Å². The summed E-state index contributed by atoms with van der Waals surface area (Å²) in [6, 6.07) is 12.3. The molecule has 0 bridgehead atoms. The number of ether oxygens (including phenoxy) is 1. The number of fused-ring (bicyclic) bond motifs is 1. The van der Waals surface area contributed by atoms with Crippen molar-refractivity contribution in [1.29, 1.82) is 0 Å². The molecule has 2 heterocycles. The van der Waals surface area contributed by atoms with Gasteiger partial charge in [-0.15, -0.1) is 0 Å². The Kier molecular flexibility index (Phi) is 6.39. The number of hydrogen-bond acceptors (Lipinski definition) is 5. The molecule has 0 fully saturated rings. The topological polar surface area (TPSA) is 75.9 Å². The van der Waals surface area contributed by atoms with Crippen molar-refractivity contribution in [3.8, 4) is 17.1 Å². The molecule has 32 heavy (non-hydrogen) atoms. The summed E-state index contributed by atoms with van der Waals surface area (Å²) in [5, 5.41) is 0.985. The van der Waals surface area contributed by atoms with Gasteiger partial charge in [-0.05, 0) is 30.3 Å². The summed E-state index contributed by atoms with van der Waals surface area (Å²) in [4.78, 5) is 32.9. The van der Waals surface area contributed by atoms with Crippen LogP contribution in [-0.2, 0) is 16.0 Å². The molecule has 7 nitrogen and oxygen atoms in total. The van der Waals surface area contributed by atoms with E-state index in [1.54, 1.807) is 61.6 Å². The minimum Gasteiger partial charge on any atom is -0.476 e. The van der Waals surface area contributed by atoms with E-state index in [2.05, 4.69) is 4.98 Å². The van der Waals surface area contributed by atoms with Gasteiger partial charge in [-0.3, -0.25) is 9.59 Å². The molecule has 9 heteroatoms. The average molecular weight is 474 g/mol. The number of likely N-dealkylation sites (N-methyl/N-ethyl adjacent to an activating group) is 1. The second kappa shape index (κ2) is 9.22. The third-order valence-corrected chi connectivity index (χ3v) is 5.64. The fraction of sp³-hybridized carbons (Fsp3) is 0.261. The molecule has 3 aromatic rings. The Morgan fingerprint density at radius 2 is 1.97 bits per heavy atom. The molecular formula is C23H21Cl2N3O4. The average Bonchev–Trinajstić information content (AvgIpc) is 3.24. The highest BCUT2D eigenvalue weighted by atomic mass is 35.5. The quantitative estimate of drug-likeness (QED) is 0.546. The first-order valence-corrected chi connectivity index (χ1v) is 10.8. The van der Waals surface area contributed by atoms with Gasteiger partial charge < -0.3 is 19.0 Å². The normalized spacial score (nSPS) is 15.1. The third-order valence-electron chi connectivity index (χ3n) is 5.09. The first-order chi connectivity index (χ1) is 15.3. The van der Waals surface area contributed by atoms with E-state index in [4.69, 9.17) is 32.4 Å². The Labute approximate surface area is 195 Å². The molecule has 0 N–H and O–H groups in total. The molecule has 0 spiro atoms. The van der Waals surface area contributed by atoms with Crippen LogP contribution in [0.25, 0.3) is 11.3 Å². The number of nitrogens with zero attached hydrogens (tertiary/aromatic N) is 3. The number of aryl methyl sites for hydroxylation is 1. The second-order valence-corrected chi connectivity index (χ2v) is 8.40. The van der Waals surface area contributed by atoms with Crippen molar-refractivity contribution in [2.45, 2.75) is 18.9 Å². The lowest BCUT2D eigenvalue weighted by atomic mass is 10.1. The molecule has 1 atom stereocenters. The maximum atomic E-state index is 13.1. The molecule has 2 amide bonds. The molecule has 0 saturated heterocycles. The number of oxazole rings is 1. The molecule has 166 valence electrons. The van der Waals surface area contributed by atoms with Crippen molar-refractivity contribution in [3.05, 3.63) is 64.6 Å². The number of aromatic nitrogens is 1. The molecule has 0 saturated carbocycles. The monoisotopic (exact) mass is 473 g/mol. The van der Waals surface area contributed by atoms with E-state index >= 15 is 0 Å². The highest BCUT2D eigenvalue weighted by Gasteiger charge is 2.34. The maximum Gasteiger partial charge on any atom is 0.265 e. The molecule has 2 aromatic carbocycles. The molecule has 4 rings (SSSR count). The third kappa shape index (κ3) is 4.59. The van der Waals surface area contributed by atoms with Crippen molar-refractivity contribution in [1.82, 2.24) is 9.88 Å². The van der Waals surface area contributed by atoms with Crippen LogP contribution < -0.4 is 9.64 Å². The van der Waals surface area contributed by atoms with Gasteiger partial charge in [-0.25, -0.2) is 4.98 Å². The van der Waals surface area contributed by atoms with E-state index in [1.165, 1.54) is 4.90 Å². The lowest BCUT2D eigenvalue weighted by Crippen LogP contribution is -2.50. The first-order valence-electron chi connectivity index (χ1n) is 10.0. The van der Waals surface area contributed by atoms with Crippen LogP contribution in [0.3, 0.4) is 0 Å². The number of benzene rings is 2. The summed E-state index contributed by atoms with van der Waals surface area (Å²) >= 11 is 12.2. The van der Waals surface area contributed by atoms with E-state index in [-0.39, 0.29) is 24.8 Å². The van der Waals surface area contributed by atoms with Gasteiger partial charge in [0.1, 0.15) is 5.75 Å². The predicted molar refractivity (Wildman–Crippen MR) is 122 cm³/mol. The van der Waals surface area contributed by atoms with Gasteiger partial charge in [-0.2, -0.15) is 0 Å².